The summed E-state index contributed by atoms with van der Waals surface area (Å²) >= 11 is 0. The molecule has 0 N–H and O–H groups in total. The van der Waals surface area contributed by atoms with Gasteiger partial charge in [-0.3, -0.25) is 0 Å². The summed E-state index contributed by atoms with van der Waals surface area (Å²) in [6.45, 7) is 0. The third kappa shape index (κ3) is 3.89. The third-order valence-electron chi connectivity index (χ3n) is 2.13. The summed E-state index contributed by atoms with van der Waals surface area (Å²) in [6, 6.07) is 21.2. The Balaban J connectivity index is 1.83. The minimum atomic E-state index is 0.783. The van der Waals surface area contributed by atoms with Crippen LogP contribution in [0.5, 0.6) is 0 Å². The fourth-order valence-electron chi connectivity index (χ4n) is 1.34. The van der Waals surface area contributed by atoms with Crippen molar-refractivity contribution in [2.75, 3.05) is 0 Å². The van der Waals surface area contributed by atoms with Crippen molar-refractivity contribution in [3.05, 3.63) is 72.3 Å². The first kappa shape index (κ1) is 11.5. The first-order valence-electron chi connectivity index (χ1n) is 5.23. The van der Waals surface area contributed by atoms with E-state index in [-0.39, 0.29) is 0 Å². The molecular weight excluding hydrogens is 230 g/mol. The largest absolute Gasteiger partial charge is 0.0669 e. The van der Waals surface area contributed by atoms with Crippen LogP contribution in [0.15, 0.2) is 72.3 Å². The van der Waals surface area contributed by atoms with Gasteiger partial charge in [-0.1, -0.05) is 89.5 Å². The Labute approximate surface area is 100 Å². The molecule has 0 saturated carbocycles. The zero-order valence-corrected chi connectivity index (χ0v) is 10.9. The SMILES string of the molecule is C(=CPc1ccccc1)Pc1ccccc1. The lowest BCUT2D eigenvalue weighted by atomic mass is 10.4. The van der Waals surface area contributed by atoms with E-state index in [1.165, 1.54) is 10.6 Å². The molecule has 16 heavy (non-hydrogen) atoms. The van der Waals surface area contributed by atoms with Crippen LogP contribution in [0.1, 0.15) is 0 Å². The van der Waals surface area contributed by atoms with Crippen molar-refractivity contribution < 1.29 is 0 Å². The van der Waals surface area contributed by atoms with Crippen molar-refractivity contribution in [2.45, 2.75) is 0 Å². The highest BCUT2D eigenvalue weighted by atomic mass is 31.1. The first-order valence-corrected chi connectivity index (χ1v) is 7.39. The molecule has 2 atom stereocenters. The van der Waals surface area contributed by atoms with Gasteiger partial charge >= 0.3 is 0 Å². The topological polar surface area (TPSA) is 0 Å². The average molecular weight is 244 g/mol. The minimum Gasteiger partial charge on any atom is -0.0669 e. The van der Waals surface area contributed by atoms with Crippen LogP contribution in [0.25, 0.3) is 0 Å². The van der Waals surface area contributed by atoms with Gasteiger partial charge in [0.1, 0.15) is 0 Å². The van der Waals surface area contributed by atoms with Crippen LogP contribution in [-0.2, 0) is 0 Å². The maximum absolute atomic E-state index is 2.28. The van der Waals surface area contributed by atoms with Crippen molar-refractivity contribution >= 4 is 27.8 Å². The normalized spacial score (nSPS) is 12.2. The van der Waals surface area contributed by atoms with Gasteiger partial charge in [-0.15, -0.1) is 0 Å². The summed E-state index contributed by atoms with van der Waals surface area (Å²) in [5, 5.41) is 2.80. The van der Waals surface area contributed by atoms with Gasteiger partial charge in [-0.25, -0.2) is 0 Å². The van der Waals surface area contributed by atoms with Crippen LogP contribution in [0.3, 0.4) is 0 Å². The van der Waals surface area contributed by atoms with Crippen molar-refractivity contribution in [1.82, 2.24) is 0 Å². The molecule has 2 aromatic rings. The standard InChI is InChI=1S/C14H14P2/c1-3-7-13(8-4-1)15-11-12-16-14-9-5-2-6-10-14/h1-12,15-16H. The Morgan fingerprint density at radius 2 is 0.938 bits per heavy atom. The van der Waals surface area contributed by atoms with Crippen molar-refractivity contribution in [3.63, 3.8) is 0 Å². The van der Waals surface area contributed by atoms with Crippen LogP contribution in [0.2, 0.25) is 0 Å². The van der Waals surface area contributed by atoms with E-state index in [4.69, 9.17) is 0 Å². The Kier molecular flexibility index (Phi) is 4.74. The minimum absolute atomic E-state index is 0.783. The summed E-state index contributed by atoms with van der Waals surface area (Å²) in [7, 11) is 1.57. The van der Waals surface area contributed by atoms with Crippen LogP contribution in [0.4, 0.5) is 0 Å². The molecule has 0 heterocycles. The van der Waals surface area contributed by atoms with E-state index in [0.717, 1.165) is 17.2 Å². The molecule has 0 aliphatic rings. The van der Waals surface area contributed by atoms with Crippen LogP contribution in [0, 0.1) is 0 Å². The van der Waals surface area contributed by atoms with Gasteiger partial charge in [-0.2, -0.15) is 0 Å². The molecule has 0 saturated heterocycles. The van der Waals surface area contributed by atoms with Gasteiger partial charge in [0.25, 0.3) is 0 Å². The summed E-state index contributed by atoms with van der Waals surface area (Å²) in [4.78, 5) is 0. The number of hydrogen-bond acceptors (Lipinski definition) is 0. The molecule has 0 aromatic heterocycles. The lowest BCUT2D eigenvalue weighted by Gasteiger charge is -1.96. The fourth-order valence-corrected chi connectivity index (χ4v) is 3.17. The van der Waals surface area contributed by atoms with Crippen molar-refractivity contribution in [2.24, 2.45) is 0 Å². The maximum atomic E-state index is 2.28. The molecule has 0 aliphatic carbocycles. The first-order chi connectivity index (χ1) is 7.95. The molecule has 0 nitrogen and oxygen atoms in total. The molecule has 80 valence electrons. The lowest BCUT2D eigenvalue weighted by Crippen LogP contribution is -1.89. The van der Waals surface area contributed by atoms with Gasteiger partial charge in [0, 0.05) is 0 Å². The van der Waals surface area contributed by atoms with E-state index in [1.807, 2.05) is 0 Å². The fraction of sp³-hybridized carbons (Fsp3) is 0. The molecule has 0 amide bonds. The van der Waals surface area contributed by atoms with E-state index in [0.29, 0.717) is 0 Å². The molecular formula is C14H14P2. The molecule has 2 aromatic carbocycles. The van der Waals surface area contributed by atoms with E-state index in [2.05, 4.69) is 72.3 Å². The molecule has 0 spiro atoms. The Bertz CT molecular complexity index is 391. The highest BCUT2D eigenvalue weighted by Gasteiger charge is 1.87. The van der Waals surface area contributed by atoms with Gasteiger partial charge in [0.05, 0.1) is 0 Å². The van der Waals surface area contributed by atoms with Crippen molar-refractivity contribution in [3.8, 4) is 0 Å². The number of benzene rings is 2. The monoisotopic (exact) mass is 244 g/mol. The molecule has 2 unspecified atom stereocenters. The quantitative estimate of drug-likeness (QED) is 0.722. The lowest BCUT2D eigenvalue weighted by molar-refractivity contribution is 1.78. The van der Waals surface area contributed by atoms with Gasteiger partial charge < -0.3 is 0 Å². The highest BCUT2D eigenvalue weighted by molar-refractivity contribution is 7.54. The zero-order chi connectivity index (χ0) is 11.1. The molecule has 2 rings (SSSR count). The second-order valence-electron chi connectivity index (χ2n) is 3.35. The Hall–Kier alpha value is -0.960. The van der Waals surface area contributed by atoms with Gasteiger partial charge in [-0.05, 0) is 10.6 Å². The van der Waals surface area contributed by atoms with E-state index in [9.17, 15) is 0 Å². The predicted molar refractivity (Wildman–Crippen MR) is 77.9 cm³/mol. The van der Waals surface area contributed by atoms with Gasteiger partial charge in [0.2, 0.25) is 0 Å². The van der Waals surface area contributed by atoms with Crippen LogP contribution >= 0.6 is 17.2 Å². The summed E-state index contributed by atoms with van der Waals surface area (Å²) < 4.78 is 0. The molecule has 0 radical (unpaired) electrons. The van der Waals surface area contributed by atoms with E-state index in [1.54, 1.807) is 0 Å². The summed E-state index contributed by atoms with van der Waals surface area (Å²) in [5.41, 5.74) is 0. The molecule has 0 bridgehead atoms. The highest BCUT2D eigenvalue weighted by Crippen LogP contribution is 2.18. The van der Waals surface area contributed by atoms with E-state index < -0.39 is 0 Å². The van der Waals surface area contributed by atoms with Crippen molar-refractivity contribution in [1.29, 1.82) is 0 Å². The second kappa shape index (κ2) is 6.59. The summed E-state index contributed by atoms with van der Waals surface area (Å²) in [6.07, 6.45) is 0. The zero-order valence-electron chi connectivity index (χ0n) is 8.93. The maximum Gasteiger partial charge on any atom is -0.0232 e. The van der Waals surface area contributed by atoms with E-state index >= 15 is 0 Å². The number of hydrogen-bond donors (Lipinski definition) is 0. The molecule has 0 aliphatic heterocycles. The summed E-state index contributed by atoms with van der Waals surface area (Å²) in [5.74, 6) is 4.56. The second-order valence-corrected chi connectivity index (χ2v) is 5.75. The predicted octanol–water partition coefficient (Wildman–Crippen LogP) is 3.47. The average Bonchev–Trinajstić information content (AvgIpc) is 2.37. The Morgan fingerprint density at radius 3 is 1.31 bits per heavy atom. The number of rotatable bonds is 4. The third-order valence-corrected chi connectivity index (χ3v) is 4.46. The van der Waals surface area contributed by atoms with Crippen LogP contribution in [-0.4, -0.2) is 0 Å². The van der Waals surface area contributed by atoms with Crippen LogP contribution < -0.4 is 10.6 Å². The molecule has 0 fully saturated rings. The van der Waals surface area contributed by atoms with Gasteiger partial charge in [0.15, 0.2) is 0 Å². The molecule has 2 heteroatoms. The smallest absolute Gasteiger partial charge is 0.0232 e. The Morgan fingerprint density at radius 1 is 0.562 bits per heavy atom.